The number of ketones is 2. The normalized spacial score (nSPS) is 22.3. The van der Waals surface area contributed by atoms with Crippen LogP contribution in [0.4, 0.5) is 0 Å². The van der Waals surface area contributed by atoms with Gasteiger partial charge in [-0.25, -0.2) is 0 Å². The SMILES string of the molecule is COC1C=C(NC(C(=O)C(C=N)=C(N)C2CCCCC2)C(N)=CC(C)=O)C=CC1. The van der Waals surface area contributed by atoms with Crippen LogP contribution in [-0.4, -0.2) is 37.0 Å². The summed E-state index contributed by atoms with van der Waals surface area (Å²) in [7, 11) is 1.62. The quantitative estimate of drug-likeness (QED) is 0.347. The molecule has 2 rings (SSSR count). The molecule has 2 unspecified atom stereocenters. The Kier molecular flexibility index (Phi) is 8.39. The molecule has 0 radical (unpaired) electrons. The van der Waals surface area contributed by atoms with E-state index in [1.54, 1.807) is 7.11 Å². The van der Waals surface area contributed by atoms with Crippen molar-refractivity contribution in [3.8, 4) is 0 Å². The minimum absolute atomic E-state index is 0.0899. The highest BCUT2D eigenvalue weighted by atomic mass is 16.5. The average Bonchev–Trinajstić information content (AvgIpc) is 2.72. The largest absolute Gasteiger partial charge is 0.401 e. The first-order valence-corrected chi connectivity index (χ1v) is 10.1. The topological polar surface area (TPSA) is 131 Å². The van der Waals surface area contributed by atoms with Gasteiger partial charge in [0.25, 0.3) is 0 Å². The molecule has 158 valence electrons. The van der Waals surface area contributed by atoms with E-state index >= 15 is 0 Å². The van der Waals surface area contributed by atoms with E-state index in [1.165, 1.54) is 13.0 Å². The lowest BCUT2D eigenvalue weighted by Gasteiger charge is -2.26. The second-order valence-electron chi connectivity index (χ2n) is 7.58. The summed E-state index contributed by atoms with van der Waals surface area (Å²) in [5.74, 6) is -0.577. The standard InChI is InChI=1S/C22H32N4O3/c1-14(27)11-19(24)21(26-16-9-6-10-17(12-16)29-2)22(28)18(13-23)20(25)15-7-4-3-5-8-15/h6,9,11-13,15,17,21,23,26H,3-5,7-8,10,24-25H2,1-2H3. The van der Waals surface area contributed by atoms with Crippen molar-refractivity contribution < 1.29 is 14.3 Å². The Morgan fingerprint density at radius 3 is 2.55 bits per heavy atom. The van der Waals surface area contributed by atoms with Gasteiger partial charge in [0, 0.05) is 36.5 Å². The van der Waals surface area contributed by atoms with E-state index in [4.69, 9.17) is 21.6 Å². The highest BCUT2D eigenvalue weighted by Crippen LogP contribution is 2.29. The van der Waals surface area contributed by atoms with E-state index in [9.17, 15) is 9.59 Å². The van der Waals surface area contributed by atoms with Gasteiger partial charge in [0.15, 0.2) is 11.6 Å². The molecular weight excluding hydrogens is 368 g/mol. The lowest BCUT2D eigenvalue weighted by molar-refractivity contribution is -0.116. The number of hydrogen-bond donors (Lipinski definition) is 4. The van der Waals surface area contributed by atoms with Crippen molar-refractivity contribution >= 4 is 17.8 Å². The van der Waals surface area contributed by atoms with E-state index in [-0.39, 0.29) is 29.1 Å². The van der Waals surface area contributed by atoms with Crippen molar-refractivity contribution in [2.45, 2.75) is 57.6 Å². The van der Waals surface area contributed by atoms with Gasteiger partial charge in [-0.05, 0) is 44.3 Å². The fraction of sp³-hybridized carbons (Fsp3) is 0.500. The summed E-state index contributed by atoms with van der Waals surface area (Å²) in [6.07, 6.45) is 13.6. The third-order valence-electron chi connectivity index (χ3n) is 5.38. The number of carbonyl (C=O) groups is 2. The molecule has 7 heteroatoms. The van der Waals surface area contributed by atoms with Gasteiger partial charge in [0.1, 0.15) is 6.04 Å². The number of ether oxygens (including phenoxy) is 1. The molecule has 0 saturated heterocycles. The molecule has 6 N–H and O–H groups in total. The smallest absolute Gasteiger partial charge is 0.194 e. The molecule has 0 aromatic carbocycles. The Morgan fingerprint density at radius 1 is 1.28 bits per heavy atom. The minimum Gasteiger partial charge on any atom is -0.401 e. The third-order valence-corrected chi connectivity index (χ3v) is 5.38. The summed E-state index contributed by atoms with van der Waals surface area (Å²) in [5, 5.41) is 10.9. The fourth-order valence-corrected chi connectivity index (χ4v) is 3.78. The summed E-state index contributed by atoms with van der Waals surface area (Å²) in [4.78, 5) is 24.9. The number of rotatable bonds is 9. The molecule has 0 aromatic rings. The predicted octanol–water partition coefficient (Wildman–Crippen LogP) is 2.25. The number of hydrogen-bond acceptors (Lipinski definition) is 7. The van der Waals surface area contributed by atoms with Crippen LogP contribution in [-0.2, 0) is 14.3 Å². The van der Waals surface area contributed by atoms with Crippen molar-refractivity contribution in [3.63, 3.8) is 0 Å². The molecule has 0 aliphatic heterocycles. The summed E-state index contributed by atoms with van der Waals surface area (Å²) >= 11 is 0. The van der Waals surface area contributed by atoms with Crippen molar-refractivity contribution in [1.29, 1.82) is 5.41 Å². The molecule has 0 heterocycles. The van der Waals surface area contributed by atoms with Crippen LogP contribution in [0.5, 0.6) is 0 Å². The lowest BCUT2D eigenvalue weighted by Crippen LogP contribution is -2.43. The summed E-state index contributed by atoms with van der Waals surface area (Å²) in [6.45, 7) is 1.37. The van der Waals surface area contributed by atoms with E-state index in [0.29, 0.717) is 11.4 Å². The first-order chi connectivity index (χ1) is 13.9. The molecule has 0 aromatic heterocycles. The number of methoxy groups -OCH3 is 1. The zero-order valence-corrected chi connectivity index (χ0v) is 17.2. The predicted molar refractivity (Wildman–Crippen MR) is 114 cm³/mol. The molecule has 2 atom stereocenters. The molecule has 1 saturated carbocycles. The molecule has 1 fully saturated rings. The van der Waals surface area contributed by atoms with Crippen LogP contribution in [0.2, 0.25) is 0 Å². The van der Waals surface area contributed by atoms with Crippen molar-refractivity contribution in [3.05, 3.63) is 47.0 Å². The zero-order chi connectivity index (χ0) is 21.4. The van der Waals surface area contributed by atoms with Gasteiger partial charge in [-0.3, -0.25) is 9.59 Å². The molecule has 0 spiro atoms. The van der Waals surface area contributed by atoms with Crippen LogP contribution in [0.3, 0.4) is 0 Å². The Labute approximate surface area is 172 Å². The Bertz CT molecular complexity index is 758. The maximum Gasteiger partial charge on any atom is 0.194 e. The van der Waals surface area contributed by atoms with Crippen LogP contribution in [0, 0.1) is 11.3 Å². The maximum atomic E-state index is 13.3. The first-order valence-electron chi connectivity index (χ1n) is 10.1. The second kappa shape index (κ2) is 10.8. The van der Waals surface area contributed by atoms with Gasteiger partial charge in [-0.15, -0.1) is 0 Å². The molecule has 2 aliphatic rings. The van der Waals surface area contributed by atoms with Gasteiger partial charge >= 0.3 is 0 Å². The monoisotopic (exact) mass is 400 g/mol. The second-order valence-corrected chi connectivity index (χ2v) is 7.58. The van der Waals surface area contributed by atoms with E-state index < -0.39 is 11.8 Å². The van der Waals surface area contributed by atoms with E-state index in [0.717, 1.165) is 44.7 Å². The summed E-state index contributed by atoms with van der Waals surface area (Å²) < 4.78 is 5.36. The minimum atomic E-state index is -0.996. The fourth-order valence-electron chi connectivity index (χ4n) is 3.78. The Morgan fingerprint density at radius 2 is 1.97 bits per heavy atom. The maximum absolute atomic E-state index is 13.3. The number of allylic oxidation sites excluding steroid dienone is 3. The summed E-state index contributed by atoms with van der Waals surface area (Å²) in [6, 6.07) is -0.996. The van der Waals surface area contributed by atoms with Crippen LogP contribution in [0.15, 0.2) is 47.0 Å². The third kappa shape index (κ3) is 6.15. The van der Waals surface area contributed by atoms with Gasteiger partial charge in [0.2, 0.25) is 0 Å². The molecule has 2 aliphatic carbocycles. The van der Waals surface area contributed by atoms with Crippen molar-refractivity contribution in [2.24, 2.45) is 17.4 Å². The average molecular weight is 401 g/mol. The van der Waals surface area contributed by atoms with Crippen LogP contribution in [0.1, 0.15) is 45.4 Å². The van der Waals surface area contributed by atoms with E-state index in [2.05, 4.69) is 5.32 Å². The first kappa shape index (κ1) is 22.6. The number of carbonyl (C=O) groups excluding carboxylic acids is 2. The summed E-state index contributed by atoms with van der Waals surface area (Å²) in [5.41, 5.74) is 13.8. The highest BCUT2D eigenvalue weighted by molar-refractivity contribution is 6.16. The van der Waals surface area contributed by atoms with E-state index in [1.807, 2.05) is 18.2 Å². The zero-order valence-electron chi connectivity index (χ0n) is 17.2. The Balaban J connectivity index is 2.37. The highest BCUT2D eigenvalue weighted by Gasteiger charge is 2.29. The molecule has 0 bridgehead atoms. The lowest BCUT2D eigenvalue weighted by atomic mass is 9.84. The van der Waals surface area contributed by atoms with Crippen LogP contribution in [0.25, 0.3) is 0 Å². The molecule has 0 amide bonds. The van der Waals surface area contributed by atoms with Crippen molar-refractivity contribution in [1.82, 2.24) is 5.32 Å². The molecule has 7 nitrogen and oxygen atoms in total. The van der Waals surface area contributed by atoms with Gasteiger partial charge in [-0.2, -0.15) is 0 Å². The number of nitrogens with two attached hydrogens (primary N) is 2. The van der Waals surface area contributed by atoms with Gasteiger partial charge < -0.3 is 26.9 Å². The number of Topliss-reactive ketones (excluding diaryl/α,β-unsaturated/α-hetero) is 1. The van der Waals surface area contributed by atoms with Crippen molar-refractivity contribution in [2.75, 3.05) is 7.11 Å². The number of nitrogens with one attached hydrogen (secondary N) is 2. The molecule has 29 heavy (non-hydrogen) atoms. The van der Waals surface area contributed by atoms with Gasteiger partial charge in [0.05, 0.1) is 11.7 Å². The Hall–Kier alpha value is -2.67. The van der Waals surface area contributed by atoms with Crippen LogP contribution >= 0.6 is 0 Å². The van der Waals surface area contributed by atoms with Crippen LogP contribution < -0.4 is 16.8 Å². The van der Waals surface area contributed by atoms with Gasteiger partial charge in [-0.1, -0.05) is 25.3 Å². The molecular formula is C22H32N4O3.